The van der Waals surface area contributed by atoms with Crippen LogP contribution in [0.2, 0.25) is 0 Å². The molecule has 0 aliphatic carbocycles. The van der Waals surface area contributed by atoms with E-state index in [2.05, 4.69) is 20.6 Å². The van der Waals surface area contributed by atoms with Gasteiger partial charge in [-0.25, -0.2) is 9.78 Å². The number of amides is 3. The van der Waals surface area contributed by atoms with Crippen LogP contribution in [0.5, 0.6) is 0 Å². The fourth-order valence-corrected chi connectivity index (χ4v) is 3.15. The highest BCUT2D eigenvalue weighted by atomic mass is 16.2. The lowest BCUT2D eigenvalue weighted by Gasteiger charge is -2.34. The lowest BCUT2D eigenvalue weighted by molar-refractivity contribution is 0.0963. The molecule has 1 fully saturated rings. The number of aromatic amines is 1. The number of rotatable bonds is 3. The van der Waals surface area contributed by atoms with E-state index < -0.39 is 0 Å². The minimum atomic E-state index is -0.179. The van der Waals surface area contributed by atoms with Crippen LogP contribution >= 0.6 is 0 Å². The maximum absolute atomic E-state index is 12.8. The molecule has 0 spiro atoms. The second kappa shape index (κ2) is 7.38. The Balaban J connectivity index is 1.80. The van der Waals surface area contributed by atoms with Crippen LogP contribution in [-0.2, 0) is 0 Å². The molecule has 0 bridgehead atoms. The predicted octanol–water partition coefficient (Wildman–Crippen LogP) is 2.84. The number of urea groups is 1. The van der Waals surface area contributed by atoms with Crippen molar-refractivity contribution in [2.24, 2.45) is 0 Å². The van der Waals surface area contributed by atoms with Crippen molar-refractivity contribution in [2.75, 3.05) is 18.9 Å². The minimum absolute atomic E-state index is 0.0498. The SMILES string of the molecule is CNC(=O)c1ccc(C)c(NC(=O)N2CCCC[C@@H]2c2ncc[nH]2)c1. The second-order valence-corrected chi connectivity index (χ2v) is 6.22. The van der Waals surface area contributed by atoms with E-state index in [1.165, 1.54) is 0 Å². The maximum atomic E-state index is 12.8. The standard InChI is InChI=1S/C18H23N5O2/c1-12-6-7-13(17(24)19-2)11-14(12)22-18(25)23-10-4-3-5-15(23)16-20-8-9-21-16/h6-9,11,15H,3-5,10H2,1-2H3,(H,19,24)(H,20,21)(H,22,25)/t15-/m1/s1. The summed E-state index contributed by atoms with van der Waals surface area (Å²) in [5.41, 5.74) is 2.08. The Morgan fingerprint density at radius 1 is 1.32 bits per heavy atom. The van der Waals surface area contributed by atoms with Gasteiger partial charge in [-0.1, -0.05) is 6.07 Å². The molecule has 1 saturated heterocycles. The molecule has 1 aromatic heterocycles. The van der Waals surface area contributed by atoms with Crippen molar-refractivity contribution in [3.05, 3.63) is 47.5 Å². The van der Waals surface area contributed by atoms with E-state index in [-0.39, 0.29) is 18.0 Å². The number of hydrogen-bond acceptors (Lipinski definition) is 3. The molecular weight excluding hydrogens is 318 g/mol. The zero-order valence-electron chi connectivity index (χ0n) is 14.5. The highest BCUT2D eigenvalue weighted by Crippen LogP contribution is 2.29. The Morgan fingerprint density at radius 3 is 2.88 bits per heavy atom. The first-order valence-corrected chi connectivity index (χ1v) is 8.50. The molecule has 0 radical (unpaired) electrons. The number of nitrogens with one attached hydrogen (secondary N) is 3. The van der Waals surface area contributed by atoms with Gasteiger partial charge in [-0.15, -0.1) is 0 Å². The van der Waals surface area contributed by atoms with Gasteiger partial charge in [0.1, 0.15) is 5.82 Å². The Labute approximate surface area is 146 Å². The third kappa shape index (κ3) is 3.65. The molecule has 1 aromatic carbocycles. The summed E-state index contributed by atoms with van der Waals surface area (Å²) in [4.78, 5) is 33.9. The quantitative estimate of drug-likeness (QED) is 0.802. The van der Waals surface area contributed by atoms with Gasteiger partial charge in [-0.2, -0.15) is 0 Å². The minimum Gasteiger partial charge on any atom is -0.355 e. The number of imidazole rings is 1. The van der Waals surface area contributed by atoms with Crippen molar-refractivity contribution in [2.45, 2.75) is 32.2 Å². The Morgan fingerprint density at radius 2 is 2.16 bits per heavy atom. The summed E-state index contributed by atoms with van der Waals surface area (Å²) in [6, 6.07) is 5.07. The third-order valence-corrected chi connectivity index (χ3v) is 4.57. The number of hydrogen-bond donors (Lipinski definition) is 3. The summed E-state index contributed by atoms with van der Waals surface area (Å²) in [5.74, 6) is 0.632. The van der Waals surface area contributed by atoms with Crippen LogP contribution in [-0.4, -0.2) is 40.4 Å². The van der Waals surface area contributed by atoms with E-state index in [0.29, 0.717) is 17.8 Å². The molecule has 1 atom stereocenters. The summed E-state index contributed by atoms with van der Waals surface area (Å²) in [5, 5.41) is 5.55. The lowest BCUT2D eigenvalue weighted by atomic mass is 10.0. The lowest BCUT2D eigenvalue weighted by Crippen LogP contribution is -2.41. The first-order valence-electron chi connectivity index (χ1n) is 8.50. The summed E-state index contributed by atoms with van der Waals surface area (Å²) in [7, 11) is 1.59. The molecular formula is C18H23N5O2. The van der Waals surface area contributed by atoms with E-state index in [4.69, 9.17) is 0 Å². The first-order chi connectivity index (χ1) is 12.1. The number of H-pyrrole nitrogens is 1. The highest BCUT2D eigenvalue weighted by molar-refractivity contribution is 5.97. The van der Waals surface area contributed by atoms with Gasteiger partial charge < -0.3 is 20.5 Å². The fraction of sp³-hybridized carbons (Fsp3) is 0.389. The van der Waals surface area contributed by atoms with E-state index in [1.807, 2.05) is 17.9 Å². The van der Waals surface area contributed by atoms with Crippen molar-refractivity contribution >= 4 is 17.6 Å². The van der Waals surface area contributed by atoms with Gasteiger partial charge in [-0.3, -0.25) is 4.79 Å². The maximum Gasteiger partial charge on any atom is 0.322 e. The van der Waals surface area contributed by atoms with Gasteiger partial charge >= 0.3 is 6.03 Å². The van der Waals surface area contributed by atoms with E-state index in [9.17, 15) is 9.59 Å². The van der Waals surface area contributed by atoms with Gasteiger partial charge in [0.2, 0.25) is 0 Å². The number of nitrogens with zero attached hydrogens (tertiary/aromatic N) is 2. The smallest absolute Gasteiger partial charge is 0.322 e. The molecule has 3 N–H and O–H groups in total. The average molecular weight is 341 g/mol. The molecule has 7 nitrogen and oxygen atoms in total. The van der Waals surface area contributed by atoms with Crippen molar-refractivity contribution in [1.29, 1.82) is 0 Å². The number of anilines is 1. The number of aryl methyl sites for hydroxylation is 1. The van der Waals surface area contributed by atoms with E-state index >= 15 is 0 Å². The van der Waals surface area contributed by atoms with Gasteiger partial charge in [0.05, 0.1) is 6.04 Å². The van der Waals surface area contributed by atoms with Gasteiger partial charge in [-0.05, 0) is 43.9 Å². The zero-order valence-corrected chi connectivity index (χ0v) is 14.5. The molecule has 1 aliphatic heterocycles. The average Bonchev–Trinajstić information content (AvgIpc) is 3.17. The Kier molecular flexibility index (Phi) is 5.02. The van der Waals surface area contributed by atoms with E-state index in [0.717, 1.165) is 30.7 Å². The number of piperidine rings is 1. The molecule has 0 unspecified atom stereocenters. The number of likely N-dealkylation sites (tertiary alicyclic amines) is 1. The van der Waals surface area contributed by atoms with E-state index in [1.54, 1.807) is 31.6 Å². The second-order valence-electron chi connectivity index (χ2n) is 6.22. The molecule has 2 aromatic rings. The number of carbonyl (C=O) groups excluding carboxylic acids is 2. The van der Waals surface area contributed by atoms with Crippen LogP contribution in [0.4, 0.5) is 10.5 Å². The molecule has 132 valence electrons. The molecule has 3 rings (SSSR count). The topological polar surface area (TPSA) is 90.1 Å². The summed E-state index contributed by atoms with van der Waals surface area (Å²) >= 11 is 0. The zero-order chi connectivity index (χ0) is 17.8. The molecule has 3 amide bonds. The monoisotopic (exact) mass is 341 g/mol. The predicted molar refractivity (Wildman–Crippen MR) is 95.5 cm³/mol. The van der Waals surface area contributed by atoms with Gasteiger partial charge in [0.25, 0.3) is 5.91 Å². The molecule has 2 heterocycles. The van der Waals surface area contributed by atoms with Crippen molar-refractivity contribution in [1.82, 2.24) is 20.2 Å². The van der Waals surface area contributed by atoms with Crippen LogP contribution in [0.25, 0.3) is 0 Å². The van der Waals surface area contributed by atoms with Gasteiger partial charge in [0, 0.05) is 37.2 Å². The van der Waals surface area contributed by atoms with Crippen LogP contribution in [0.1, 0.15) is 47.1 Å². The Bertz CT molecular complexity index is 757. The molecule has 7 heteroatoms. The van der Waals surface area contributed by atoms with Crippen LogP contribution in [0.3, 0.4) is 0 Å². The number of benzene rings is 1. The van der Waals surface area contributed by atoms with Crippen LogP contribution in [0.15, 0.2) is 30.6 Å². The largest absolute Gasteiger partial charge is 0.355 e. The summed E-state index contributed by atoms with van der Waals surface area (Å²) in [6.07, 6.45) is 6.41. The Hall–Kier alpha value is -2.83. The van der Waals surface area contributed by atoms with Crippen molar-refractivity contribution in [3.8, 4) is 0 Å². The third-order valence-electron chi connectivity index (χ3n) is 4.57. The van der Waals surface area contributed by atoms with Crippen molar-refractivity contribution in [3.63, 3.8) is 0 Å². The van der Waals surface area contributed by atoms with Crippen LogP contribution < -0.4 is 10.6 Å². The van der Waals surface area contributed by atoms with Crippen molar-refractivity contribution < 1.29 is 9.59 Å². The molecule has 0 saturated carbocycles. The summed E-state index contributed by atoms with van der Waals surface area (Å²) in [6.45, 7) is 2.59. The fourth-order valence-electron chi connectivity index (χ4n) is 3.15. The van der Waals surface area contributed by atoms with Gasteiger partial charge in [0.15, 0.2) is 0 Å². The number of aromatic nitrogens is 2. The highest BCUT2D eigenvalue weighted by Gasteiger charge is 2.29. The van der Waals surface area contributed by atoms with Crippen LogP contribution in [0, 0.1) is 6.92 Å². The number of carbonyl (C=O) groups is 2. The summed E-state index contributed by atoms with van der Waals surface area (Å²) < 4.78 is 0. The molecule has 25 heavy (non-hydrogen) atoms. The molecule has 1 aliphatic rings. The normalized spacial score (nSPS) is 17.2. The first kappa shape index (κ1) is 17.0.